The Balaban J connectivity index is 3.15. The minimum atomic E-state index is 0.410. The molecule has 0 saturated heterocycles. The van der Waals surface area contributed by atoms with Crippen molar-refractivity contribution in [1.82, 2.24) is 0 Å². The van der Waals surface area contributed by atoms with Gasteiger partial charge < -0.3 is 11.5 Å². The molecule has 3 heteroatoms. The van der Waals surface area contributed by atoms with Crippen molar-refractivity contribution in [3.63, 3.8) is 0 Å². The van der Waals surface area contributed by atoms with E-state index in [9.17, 15) is 0 Å². The SMILES string of the molecule is Cc1cc(C(N)=S)ccc1N. The summed E-state index contributed by atoms with van der Waals surface area (Å²) < 4.78 is 0. The molecule has 0 saturated carbocycles. The molecule has 2 nitrogen and oxygen atoms in total. The van der Waals surface area contributed by atoms with Crippen LogP contribution in [-0.2, 0) is 0 Å². The van der Waals surface area contributed by atoms with Crippen LogP contribution in [0.4, 0.5) is 5.69 Å². The minimum absolute atomic E-state index is 0.410. The predicted molar refractivity (Wildman–Crippen MR) is 51.5 cm³/mol. The molecule has 1 rings (SSSR count). The summed E-state index contributed by atoms with van der Waals surface area (Å²) in [6.07, 6.45) is 0. The second-order valence-corrected chi connectivity index (χ2v) is 2.88. The van der Waals surface area contributed by atoms with Crippen molar-refractivity contribution in [1.29, 1.82) is 0 Å². The summed E-state index contributed by atoms with van der Waals surface area (Å²) >= 11 is 4.80. The monoisotopic (exact) mass is 166 g/mol. The molecular formula is C8H10N2S. The summed E-state index contributed by atoms with van der Waals surface area (Å²) in [4.78, 5) is 0.410. The second-order valence-electron chi connectivity index (χ2n) is 2.44. The maximum atomic E-state index is 5.60. The summed E-state index contributed by atoms with van der Waals surface area (Å²) in [6, 6.07) is 5.52. The van der Waals surface area contributed by atoms with Gasteiger partial charge in [-0.05, 0) is 30.7 Å². The Bertz CT molecular complexity index is 294. The molecule has 0 spiro atoms. The van der Waals surface area contributed by atoms with Gasteiger partial charge in [0.2, 0.25) is 0 Å². The zero-order valence-electron chi connectivity index (χ0n) is 6.29. The fourth-order valence-corrected chi connectivity index (χ4v) is 0.956. The third-order valence-corrected chi connectivity index (χ3v) is 1.79. The average molecular weight is 166 g/mol. The Kier molecular flexibility index (Phi) is 2.10. The molecule has 58 valence electrons. The van der Waals surface area contributed by atoms with Gasteiger partial charge >= 0.3 is 0 Å². The normalized spacial score (nSPS) is 9.55. The van der Waals surface area contributed by atoms with Crippen LogP contribution in [-0.4, -0.2) is 4.99 Å². The van der Waals surface area contributed by atoms with Crippen molar-refractivity contribution >= 4 is 22.9 Å². The van der Waals surface area contributed by atoms with E-state index in [1.807, 2.05) is 25.1 Å². The van der Waals surface area contributed by atoms with E-state index in [0.717, 1.165) is 16.8 Å². The molecule has 0 heterocycles. The third kappa shape index (κ3) is 1.68. The smallest absolute Gasteiger partial charge is 0.103 e. The van der Waals surface area contributed by atoms with Crippen molar-refractivity contribution in [2.75, 3.05) is 5.73 Å². The lowest BCUT2D eigenvalue weighted by Crippen LogP contribution is -2.09. The summed E-state index contributed by atoms with van der Waals surface area (Å²) in [5.74, 6) is 0. The molecule has 1 aromatic carbocycles. The predicted octanol–water partition coefficient (Wildman–Crippen LogP) is 1.21. The third-order valence-electron chi connectivity index (χ3n) is 1.55. The van der Waals surface area contributed by atoms with Crippen molar-refractivity contribution in [3.05, 3.63) is 29.3 Å². The molecule has 0 radical (unpaired) electrons. The highest BCUT2D eigenvalue weighted by molar-refractivity contribution is 7.80. The molecule has 0 atom stereocenters. The van der Waals surface area contributed by atoms with Crippen LogP contribution in [0.5, 0.6) is 0 Å². The molecule has 0 aliphatic heterocycles. The first-order chi connectivity index (χ1) is 5.11. The molecule has 0 fully saturated rings. The summed E-state index contributed by atoms with van der Waals surface area (Å²) in [6.45, 7) is 1.93. The number of thiocarbonyl (C=S) groups is 1. The number of anilines is 1. The number of hydrogen-bond acceptors (Lipinski definition) is 2. The molecule has 11 heavy (non-hydrogen) atoms. The van der Waals surface area contributed by atoms with Crippen LogP contribution in [0.25, 0.3) is 0 Å². The number of aryl methyl sites for hydroxylation is 1. The van der Waals surface area contributed by atoms with Crippen LogP contribution < -0.4 is 11.5 Å². The lowest BCUT2D eigenvalue weighted by Gasteiger charge is -2.02. The second kappa shape index (κ2) is 2.88. The molecule has 1 aromatic rings. The number of hydrogen-bond donors (Lipinski definition) is 2. The maximum absolute atomic E-state index is 5.60. The highest BCUT2D eigenvalue weighted by Crippen LogP contribution is 2.11. The van der Waals surface area contributed by atoms with Crippen LogP contribution in [0.2, 0.25) is 0 Å². The van der Waals surface area contributed by atoms with Gasteiger partial charge in [0.15, 0.2) is 0 Å². The van der Waals surface area contributed by atoms with Crippen LogP contribution in [0, 0.1) is 6.92 Å². The Hall–Kier alpha value is -1.09. The molecule has 0 unspecified atom stereocenters. The molecule has 4 N–H and O–H groups in total. The van der Waals surface area contributed by atoms with Crippen molar-refractivity contribution in [3.8, 4) is 0 Å². The number of nitrogen functional groups attached to an aromatic ring is 1. The summed E-state index contributed by atoms with van der Waals surface area (Å²) in [5.41, 5.74) is 13.7. The molecule has 0 amide bonds. The topological polar surface area (TPSA) is 52.0 Å². The van der Waals surface area contributed by atoms with Crippen LogP contribution in [0.3, 0.4) is 0 Å². The fourth-order valence-electron chi connectivity index (χ4n) is 0.829. The molecule has 0 bridgehead atoms. The van der Waals surface area contributed by atoms with Gasteiger partial charge in [-0.15, -0.1) is 0 Å². The van der Waals surface area contributed by atoms with E-state index in [4.69, 9.17) is 23.7 Å². The van der Waals surface area contributed by atoms with Crippen LogP contribution in [0.1, 0.15) is 11.1 Å². The number of rotatable bonds is 1. The number of benzene rings is 1. The zero-order chi connectivity index (χ0) is 8.43. The minimum Gasteiger partial charge on any atom is -0.399 e. The van der Waals surface area contributed by atoms with E-state index in [1.54, 1.807) is 0 Å². The van der Waals surface area contributed by atoms with Gasteiger partial charge in [0.25, 0.3) is 0 Å². The van der Waals surface area contributed by atoms with E-state index in [2.05, 4.69) is 0 Å². The van der Waals surface area contributed by atoms with E-state index in [1.165, 1.54) is 0 Å². The van der Waals surface area contributed by atoms with E-state index in [-0.39, 0.29) is 0 Å². The first-order valence-corrected chi connectivity index (χ1v) is 3.68. The Morgan fingerprint density at radius 3 is 2.55 bits per heavy atom. The standard InChI is InChI=1S/C8H10N2S/c1-5-4-6(8(10)11)2-3-7(5)9/h2-4H,9H2,1H3,(H2,10,11). The van der Waals surface area contributed by atoms with Gasteiger partial charge in [-0.3, -0.25) is 0 Å². The molecule has 0 aromatic heterocycles. The van der Waals surface area contributed by atoms with Crippen molar-refractivity contribution in [2.45, 2.75) is 6.92 Å². The molecule has 0 aliphatic carbocycles. The molecular weight excluding hydrogens is 156 g/mol. The average Bonchev–Trinajstić information content (AvgIpc) is 1.94. The van der Waals surface area contributed by atoms with Gasteiger partial charge in [-0.1, -0.05) is 12.2 Å². The zero-order valence-corrected chi connectivity index (χ0v) is 7.11. The lowest BCUT2D eigenvalue weighted by molar-refractivity contribution is 1.45. The quantitative estimate of drug-likeness (QED) is 0.487. The van der Waals surface area contributed by atoms with E-state index in [0.29, 0.717) is 4.99 Å². The van der Waals surface area contributed by atoms with Gasteiger partial charge in [-0.25, -0.2) is 0 Å². The van der Waals surface area contributed by atoms with Crippen LogP contribution in [0.15, 0.2) is 18.2 Å². The van der Waals surface area contributed by atoms with E-state index < -0.39 is 0 Å². The van der Waals surface area contributed by atoms with E-state index >= 15 is 0 Å². The molecule has 0 aliphatic rings. The van der Waals surface area contributed by atoms with Crippen LogP contribution >= 0.6 is 12.2 Å². The Labute approximate surface area is 71.2 Å². The fraction of sp³-hybridized carbons (Fsp3) is 0.125. The highest BCUT2D eigenvalue weighted by atomic mass is 32.1. The first kappa shape index (κ1) is 8.01. The lowest BCUT2D eigenvalue weighted by atomic mass is 10.1. The summed E-state index contributed by atoms with van der Waals surface area (Å²) in [7, 11) is 0. The van der Waals surface area contributed by atoms with Crippen molar-refractivity contribution < 1.29 is 0 Å². The van der Waals surface area contributed by atoms with Gasteiger partial charge in [0, 0.05) is 11.3 Å². The van der Waals surface area contributed by atoms with Crippen molar-refractivity contribution in [2.24, 2.45) is 5.73 Å². The highest BCUT2D eigenvalue weighted by Gasteiger charge is 1.97. The largest absolute Gasteiger partial charge is 0.399 e. The Morgan fingerprint density at radius 1 is 1.45 bits per heavy atom. The summed E-state index contributed by atoms with van der Waals surface area (Å²) in [5, 5.41) is 0. The Morgan fingerprint density at radius 2 is 2.09 bits per heavy atom. The number of nitrogens with two attached hydrogens (primary N) is 2. The first-order valence-electron chi connectivity index (χ1n) is 3.27. The van der Waals surface area contributed by atoms with Gasteiger partial charge in [0.1, 0.15) is 4.99 Å². The van der Waals surface area contributed by atoms with Gasteiger partial charge in [-0.2, -0.15) is 0 Å². The van der Waals surface area contributed by atoms with Gasteiger partial charge in [0.05, 0.1) is 0 Å². The maximum Gasteiger partial charge on any atom is 0.103 e.